The quantitative estimate of drug-likeness (QED) is 0.783. The van der Waals surface area contributed by atoms with Gasteiger partial charge in [0.1, 0.15) is 0 Å². The zero-order valence-corrected chi connectivity index (χ0v) is 8.28. The molecule has 14 heavy (non-hydrogen) atoms. The molecule has 1 aromatic carbocycles. The Hall–Kier alpha value is -1.55. The number of aryl methyl sites for hydroxylation is 1. The van der Waals surface area contributed by atoms with Crippen molar-refractivity contribution >= 4 is 29.3 Å². The van der Waals surface area contributed by atoms with E-state index in [4.69, 9.17) is 5.11 Å². The Bertz CT molecular complexity index is 479. The highest BCUT2D eigenvalue weighted by Crippen LogP contribution is 2.17. The first-order valence-corrected chi connectivity index (χ1v) is 3.84. The normalized spacial score (nSPS) is 9.79. The lowest BCUT2D eigenvalue weighted by Gasteiger charge is -1.98. The van der Waals surface area contributed by atoms with Crippen LogP contribution in [-0.2, 0) is 7.05 Å². The van der Waals surface area contributed by atoms with Crippen LogP contribution in [-0.4, -0.2) is 20.9 Å². The summed E-state index contributed by atoms with van der Waals surface area (Å²) in [6.45, 7) is 0. The lowest BCUT2D eigenvalue weighted by molar-refractivity contribution is 0.0698. The van der Waals surface area contributed by atoms with E-state index in [1.807, 2.05) is 6.07 Å². The molecule has 0 spiro atoms. The van der Waals surface area contributed by atoms with Gasteiger partial charge in [0, 0.05) is 12.4 Å². The highest BCUT2D eigenvalue weighted by atomic mass is 35.5. The molecule has 0 amide bonds. The SMILES string of the molecule is Cl.Cn1ncc2cccc(C(=O)O)c21. The van der Waals surface area contributed by atoms with Crippen molar-refractivity contribution in [2.75, 3.05) is 0 Å². The van der Waals surface area contributed by atoms with Crippen molar-refractivity contribution in [3.63, 3.8) is 0 Å². The minimum absolute atomic E-state index is 0. The van der Waals surface area contributed by atoms with Crippen molar-refractivity contribution in [2.45, 2.75) is 0 Å². The van der Waals surface area contributed by atoms with Gasteiger partial charge in [-0.1, -0.05) is 12.1 Å². The molecule has 2 aromatic rings. The van der Waals surface area contributed by atoms with Gasteiger partial charge in [-0.05, 0) is 6.07 Å². The smallest absolute Gasteiger partial charge is 0.337 e. The van der Waals surface area contributed by atoms with Crippen LogP contribution in [0.3, 0.4) is 0 Å². The summed E-state index contributed by atoms with van der Waals surface area (Å²) in [4.78, 5) is 10.8. The lowest BCUT2D eigenvalue weighted by atomic mass is 10.1. The molecular weight excluding hydrogens is 204 g/mol. The summed E-state index contributed by atoms with van der Waals surface area (Å²) in [7, 11) is 1.73. The first-order valence-electron chi connectivity index (χ1n) is 3.84. The Morgan fingerprint density at radius 1 is 1.50 bits per heavy atom. The molecule has 1 N–H and O–H groups in total. The van der Waals surface area contributed by atoms with Crippen LogP contribution in [0.2, 0.25) is 0 Å². The van der Waals surface area contributed by atoms with Crippen molar-refractivity contribution in [2.24, 2.45) is 7.05 Å². The van der Waals surface area contributed by atoms with E-state index >= 15 is 0 Å². The van der Waals surface area contributed by atoms with Gasteiger partial charge in [-0.2, -0.15) is 5.10 Å². The molecule has 1 heterocycles. The van der Waals surface area contributed by atoms with E-state index in [0.29, 0.717) is 5.52 Å². The van der Waals surface area contributed by atoms with Crippen LogP contribution < -0.4 is 0 Å². The molecular formula is C9H9ClN2O2. The van der Waals surface area contributed by atoms with Crippen LogP contribution in [0.15, 0.2) is 24.4 Å². The van der Waals surface area contributed by atoms with Gasteiger partial charge in [0.2, 0.25) is 0 Å². The second kappa shape index (κ2) is 3.67. The standard InChI is InChI=1S/C9H8N2O2.ClH/c1-11-8-6(5-10-11)3-2-4-7(8)9(12)13;/h2-5H,1H3,(H,12,13);1H. The zero-order valence-electron chi connectivity index (χ0n) is 7.47. The Labute approximate surface area is 86.6 Å². The predicted molar refractivity (Wildman–Crippen MR) is 54.9 cm³/mol. The molecule has 0 fully saturated rings. The van der Waals surface area contributed by atoms with E-state index in [9.17, 15) is 4.79 Å². The molecule has 5 heteroatoms. The Balaban J connectivity index is 0.000000980. The van der Waals surface area contributed by atoms with Gasteiger partial charge in [-0.25, -0.2) is 4.79 Å². The van der Waals surface area contributed by atoms with Crippen molar-refractivity contribution < 1.29 is 9.90 Å². The first-order chi connectivity index (χ1) is 6.20. The van der Waals surface area contributed by atoms with Gasteiger partial charge in [-0.3, -0.25) is 4.68 Å². The molecule has 0 saturated carbocycles. The zero-order chi connectivity index (χ0) is 9.42. The fourth-order valence-corrected chi connectivity index (χ4v) is 1.41. The lowest BCUT2D eigenvalue weighted by Crippen LogP contribution is -2.00. The van der Waals surface area contributed by atoms with Gasteiger partial charge in [0.25, 0.3) is 0 Å². The summed E-state index contributed by atoms with van der Waals surface area (Å²) in [5.74, 6) is -0.922. The van der Waals surface area contributed by atoms with Gasteiger partial charge >= 0.3 is 5.97 Å². The van der Waals surface area contributed by atoms with Gasteiger partial charge in [0.05, 0.1) is 17.3 Å². The summed E-state index contributed by atoms with van der Waals surface area (Å²) in [6, 6.07) is 5.13. The van der Waals surface area contributed by atoms with E-state index in [1.165, 1.54) is 0 Å². The van der Waals surface area contributed by atoms with Crippen LogP contribution in [0, 0.1) is 0 Å². The van der Waals surface area contributed by atoms with Gasteiger partial charge in [0.15, 0.2) is 0 Å². The number of carbonyl (C=O) groups is 1. The fraction of sp³-hybridized carbons (Fsp3) is 0.111. The summed E-state index contributed by atoms with van der Waals surface area (Å²) in [5, 5.41) is 13.7. The summed E-state index contributed by atoms with van der Waals surface area (Å²) in [5.41, 5.74) is 0.951. The molecule has 0 aliphatic heterocycles. The van der Waals surface area contributed by atoms with Crippen LogP contribution >= 0.6 is 12.4 Å². The van der Waals surface area contributed by atoms with Crippen molar-refractivity contribution in [3.8, 4) is 0 Å². The minimum atomic E-state index is -0.922. The molecule has 0 unspecified atom stereocenters. The highest BCUT2D eigenvalue weighted by Gasteiger charge is 2.10. The topological polar surface area (TPSA) is 55.1 Å². The molecule has 0 radical (unpaired) electrons. The molecule has 0 saturated heterocycles. The molecule has 2 rings (SSSR count). The maximum Gasteiger partial charge on any atom is 0.337 e. The number of fused-ring (bicyclic) bond motifs is 1. The van der Waals surface area contributed by atoms with E-state index in [1.54, 1.807) is 30.1 Å². The second-order valence-electron chi connectivity index (χ2n) is 2.82. The minimum Gasteiger partial charge on any atom is -0.478 e. The first kappa shape index (κ1) is 10.5. The number of aromatic nitrogens is 2. The predicted octanol–water partition coefficient (Wildman–Crippen LogP) is 1.69. The second-order valence-corrected chi connectivity index (χ2v) is 2.82. The van der Waals surface area contributed by atoms with E-state index in [0.717, 1.165) is 5.39 Å². The van der Waals surface area contributed by atoms with E-state index < -0.39 is 5.97 Å². The molecule has 74 valence electrons. The molecule has 1 aromatic heterocycles. The number of aromatic carboxylic acids is 1. The van der Waals surface area contributed by atoms with E-state index in [2.05, 4.69) is 5.10 Å². The summed E-state index contributed by atoms with van der Waals surface area (Å²) in [6.07, 6.45) is 1.65. The van der Waals surface area contributed by atoms with Gasteiger partial charge in [-0.15, -0.1) is 12.4 Å². The number of nitrogens with zero attached hydrogens (tertiary/aromatic N) is 2. The fourth-order valence-electron chi connectivity index (χ4n) is 1.41. The largest absolute Gasteiger partial charge is 0.478 e. The van der Waals surface area contributed by atoms with Gasteiger partial charge < -0.3 is 5.11 Å². The monoisotopic (exact) mass is 212 g/mol. The highest BCUT2D eigenvalue weighted by molar-refractivity contribution is 6.01. The third-order valence-corrected chi connectivity index (χ3v) is 1.99. The van der Waals surface area contributed by atoms with Crippen LogP contribution in [0.4, 0.5) is 0 Å². The number of hydrogen-bond donors (Lipinski definition) is 1. The number of rotatable bonds is 1. The number of carboxylic acids is 1. The Kier molecular flexibility index (Phi) is 2.76. The maximum atomic E-state index is 10.8. The Morgan fingerprint density at radius 3 is 2.86 bits per heavy atom. The molecule has 0 aliphatic carbocycles. The van der Waals surface area contributed by atoms with Crippen LogP contribution in [0.5, 0.6) is 0 Å². The third kappa shape index (κ3) is 1.44. The van der Waals surface area contributed by atoms with Crippen molar-refractivity contribution in [3.05, 3.63) is 30.0 Å². The Morgan fingerprint density at radius 2 is 2.21 bits per heavy atom. The average molecular weight is 213 g/mol. The number of halogens is 1. The number of hydrogen-bond acceptors (Lipinski definition) is 2. The summed E-state index contributed by atoms with van der Waals surface area (Å²) < 4.78 is 1.57. The number of carboxylic acid groups (broad SMARTS) is 1. The van der Waals surface area contributed by atoms with E-state index in [-0.39, 0.29) is 18.0 Å². The molecule has 0 aliphatic rings. The van der Waals surface area contributed by atoms with Crippen molar-refractivity contribution in [1.82, 2.24) is 9.78 Å². The average Bonchev–Trinajstić information content (AvgIpc) is 2.48. The summed E-state index contributed by atoms with van der Waals surface area (Å²) >= 11 is 0. The van der Waals surface area contributed by atoms with Crippen LogP contribution in [0.1, 0.15) is 10.4 Å². The molecule has 0 bridgehead atoms. The molecule has 4 nitrogen and oxygen atoms in total. The maximum absolute atomic E-state index is 10.8. The number of para-hydroxylation sites is 1. The number of benzene rings is 1. The molecule has 0 atom stereocenters. The third-order valence-electron chi connectivity index (χ3n) is 1.99. The van der Waals surface area contributed by atoms with Crippen LogP contribution in [0.25, 0.3) is 10.9 Å². The van der Waals surface area contributed by atoms with Crippen molar-refractivity contribution in [1.29, 1.82) is 0 Å².